The van der Waals surface area contributed by atoms with Crippen molar-refractivity contribution in [3.8, 4) is 0 Å². The Kier molecular flexibility index (Phi) is 4.91. The van der Waals surface area contributed by atoms with Gasteiger partial charge >= 0.3 is 5.97 Å². The number of nitrogens with zero attached hydrogens (tertiary/aromatic N) is 3. The second-order valence-electron chi connectivity index (χ2n) is 4.76. The lowest BCUT2D eigenvalue weighted by molar-refractivity contribution is -0.138. The number of carboxylic acids is 1. The van der Waals surface area contributed by atoms with E-state index in [1.54, 1.807) is 10.3 Å². The van der Waals surface area contributed by atoms with Crippen LogP contribution in [0.2, 0.25) is 0 Å². The van der Waals surface area contributed by atoms with Gasteiger partial charge in [0.05, 0.1) is 18.7 Å². The Morgan fingerprint density at radius 2 is 2.15 bits per heavy atom. The van der Waals surface area contributed by atoms with Crippen LogP contribution < -0.4 is 5.73 Å². The summed E-state index contributed by atoms with van der Waals surface area (Å²) in [6.45, 7) is 2.56. The monoisotopic (exact) mass is 298 g/mol. The number of carbonyl (C=O) groups excluding carboxylic acids is 1. The van der Waals surface area contributed by atoms with Gasteiger partial charge in [-0.25, -0.2) is 4.98 Å². The molecule has 0 saturated carbocycles. The summed E-state index contributed by atoms with van der Waals surface area (Å²) >= 11 is 1.33. The number of carbonyl (C=O) groups is 2. The second kappa shape index (κ2) is 6.67. The van der Waals surface area contributed by atoms with Gasteiger partial charge in [0, 0.05) is 31.6 Å². The van der Waals surface area contributed by atoms with Crippen LogP contribution in [0.5, 0.6) is 0 Å². The van der Waals surface area contributed by atoms with E-state index < -0.39 is 5.97 Å². The van der Waals surface area contributed by atoms with E-state index in [1.165, 1.54) is 11.3 Å². The number of rotatable bonds is 4. The fourth-order valence-electron chi connectivity index (χ4n) is 2.24. The Morgan fingerprint density at radius 1 is 1.35 bits per heavy atom. The van der Waals surface area contributed by atoms with Crippen LogP contribution in [0, 0.1) is 0 Å². The topological polar surface area (TPSA) is 99.8 Å². The van der Waals surface area contributed by atoms with Gasteiger partial charge in [-0.15, -0.1) is 11.3 Å². The number of nitrogen functional groups attached to an aromatic ring is 1. The summed E-state index contributed by atoms with van der Waals surface area (Å²) in [4.78, 5) is 30.6. The smallest absolute Gasteiger partial charge is 0.317 e. The van der Waals surface area contributed by atoms with E-state index in [0.717, 1.165) is 6.42 Å². The lowest BCUT2D eigenvalue weighted by Crippen LogP contribution is -2.37. The quantitative estimate of drug-likeness (QED) is 0.804. The van der Waals surface area contributed by atoms with Gasteiger partial charge in [0.15, 0.2) is 5.13 Å². The molecule has 0 bridgehead atoms. The first kappa shape index (κ1) is 14.7. The molecular formula is C12H18N4O3S. The van der Waals surface area contributed by atoms with Crippen LogP contribution in [-0.4, -0.2) is 64.5 Å². The molecule has 20 heavy (non-hydrogen) atoms. The first-order valence-corrected chi connectivity index (χ1v) is 7.34. The van der Waals surface area contributed by atoms with Crippen LogP contribution in [0.15, 0.2) is 5.38 Å². The molecule has 1 aliphatic heterocycles. The number of aromatic nitrogens is 1. The fraction of sp³-hybridized carbons (Fsp3) is 0.583. The highest BCUT2D eigenvalue weighted by Crippen LogP contribution is 2.13. The van der Waals surface area contributed by atoms with E-state index in [0.29, 0.717) is 37.0 Å². The number of thiazole rings is 1. The Balaban J connectivity index is 1.86. The molecule has 1 amide bonds. The molecule has 1 saturated heterocycles. The highest BCUT2D eigenvalue weighted by Gasteiger charge is 2.20. The van der Waals surface area contributed by atoms with Crippen molar-refractivity contribution in [3.63, 3.8) is 0 Å². The van der Waals surface area contributed by atoms with Crippen molar-refractivity contribution < 1.29 is 14.7 Å². The van der Waals surface area contributed by atoms with Gasteiger partial charge in [0.1, 0.15) is 0 Å². The summed E-state index contributed by atoms with van der Waals surface area (Å²) in [7, 11) is 0. The molecule has 0 spiro atoms. The zero-order valence-electron chi connectivity index (χ0n) is 11.1. The van der Waals surface area contributed by atoms with Gasteiger partial charge in [0.25, 0.3) is 0 Å². The fourth-order valence-corrected chi connectivity index (χ4v) is 2.80. The van der Waals surface area contributed by atoms with Crippen LogP contribution >= 0.6 is 11.3 Å². The van der Waals surface area contributed by atoms with Crippen molar-refractivity contribution in [2.75, 3.05) is 38.5 Å². The maximum atomic E-state index is 12.2. The minimum Gasteiger partial charge on any atom is -0.480 e. The van der Waals surface area contributed by atoms with E-state index in [-0.39, 0.29) is 18.9 Å². The van der Waals surface area contributed by atoms with Crippen molar-refractivity contribution in [1.82, 2.24) is 14.8 Å². The third kappa shape index (κ3) is 4.17. The van der Waals surface area contributed by atoms with Crippen molar-refractivity contribution in [3.05, 3.63) is 11.1 Å². The van der Waals surface area contributed by atoms with Crippen LogP contribution in [0.25, 0.3) is 0 Å². The molecule has 1 aromatic rings. The van der Waals surface area contributed by atoms with Crippen molar-refractivity contribution >= 4 is 28.3 Å². The van der Waals surface area contributed by atoms with E-state index in [2.05, 4.69) is 4.98 Å². The predicted octanol–water partition coefficient (Wildman–Crippen LogP) is -0.113. The molecule has 3 N–H and O–H groups in total. The summed E-state index contributed by atoms with van der Waals surface area (Å²) in [5.74, 6) is -0.810. The summed E-state index contributed by atoms with van der Waals surface area (Å²) in [5.41, 5.74) is 6.24. The van der Waals surface area contributed by atoms with E-state index in [1.807, 2.05) is 4.90 Å². The zero-order chi connectivity index (χ0) is 14.5. The summed E-state index contributed by atoms with van der Waals surface area (Å²) < 4.78 is 0. The van der Waals surface area contributed by atoms with Crippen molar-refractivity contribution in [2.24, 2.45) is 0 Å². The minimum atomic E-state index is -0.831. The highest BCUT2D eigenvalue weighted by atomic mass is 32.1. The number of amides is 1. The number of nitrogens with two attached hydrogens (primary N) is 1. The van der Waals surface area contributed by atoms with Crippen molar-refractivity contribution in [1.29, 1.82) is 0 Å². The largest absolute Gasteiger partial charge is 0.480 e. The molecule has 7 nitrogen and oxygen atoms in total. The second-order valence-corrected chi connectivity index (χ2v) is 5.65. The molecule has 2 heterocycles. The molecular weight excluding hydrogens is 280 g/mol. The minimum absolute atomic E-state index is 0.0208. The first-order valence-electron chi connectivity index (χ1n) is 6.46. The first-order chi connectivity index (χ1) is 9.54. The SMILES string of the molecule is Nc1nc(CC(=O)N2CCCN(CC(=O)O)CC2)cs1. The van der Waals surface area contributed by atoms with E-state index in [9.17, 15) is 9.59 Å². The number of hydrogen-bond acceptors (Lipinski definition) is 6. The molecule has 8 heteroatoms. The Labute approximate surface area is 121 Å². The van der Waals surface area contributed by atoms with Gasteiger partial charge in [-0.2, -0.15) is 0 Å². The molecule has 1 fully saturated rings. The van der Waals surface area contributed by atoms with Crippen LogP contribution in [0.3, 0.4) is 0 Å². The number of anilines is 1. The average molecular weight is 298 g/mol. The zero-order valence-corrected chi connectivity index (χ0v) is 11.9. The Hall–Kier alpha value is -1.67. The number of aliphatic carboxylic acids is 1. The lowest BCUT2D eigenvalue weighted by atomic mass is 10.3. The molecule has 1 aliphatic rings. The maximum Gasteiger partial charge on any atom is 0.317 e. The molecule has 2 rings (SSSR count). The van der Waals surface area contributed by atoms with Gasteiger partial charge in [-0.05, 0) is 6.42 Å². The molecule has 0 radical (unpaired) electrons. The van der Waals surface area contributed by atoms with Crippen molar-refractivity contribution in [2.45, 2.75) is 12.8 Å². The van der Waals surface area contributed by atoms with Gasteiger partial charge in [-0.3, -0.25) is 14.5 Å². The summed E-state index contributed by atoms with van der Waals surface area (Å²) in [6.07, 6.45) is 1.05. The molecule has 0 aliphatic carbocycles. The van der Waals surface area contributed by atoms with Crippen LogP contribution in [-0.2, 0) is 16.0 Å². The third-order valence-electron chi connectivity index (χ3n) is 3.20. The van der Waals surface area contributed by atoms with E-state index in [4.69, 9.17) is 10.8 Å². The maximum absolute atomic E-state index is 12.2. The molecule has 110 valence electrons. The summed E-state index contributed by atoms with van der Waals surface area (Å²) in [6, 6.07) is 0. The number of hydrogen-bond donors (Lipinski definition) is 2. The molecule has 0 unspecified atom stereocenters. The molecule has 1 aromatic heterocycles. The Morgan fingerprint density at radius 3 is 2.80 bits per heavy atom. The van der Waals surface area contributed by atoms with Gasteiger partial charge in [0.2, 0.25) is 5.91 Å². The summed E-state index contributed by atoms with van der Waals surface area (Å²) in [5, 5.41) is 11.1. The third-order valence-corrected chi connectivity index (χ3v) is 3.92. The van der Waals surface area contributed by atoms with Gasteiger partial charge in [-0.1, -0.05) is 0 Å². The van der Waals surface area contributed by atoms with Crippen LogP contribution in [0.4, 0.5) is 5.13 Å². The highest BCUT2D eigenvalue weighted by molar-refractivity contribution is 7.13. The molecule has 0 aromatic carbocycles. The van der Waals surface area contributed by atoms with Crippen LogP contribution in [0.1, 0.15) is 12.1 Å². The standard InChI is InChI=1S/C12H18N4O3S/c13-12-14-9(8-20-12)6-10(17)16-3-1-2-15(4-5-16)7-11(18)19/h8H,1-7H2,(H2,13,14)(H,18,19). The Bertz CT molecular complexity index is 491. The predicted molar refractivity (Wildman–Crippen MR) is 75.5 cm³/mol. The van der Waals surface area contributed by atoms with E-state index >= 15 is 0 Å². The average Bonchev–Trinajstić information content (AvgIpc) is 2.64. The normalized spacial score (nSPS) is 16.9. The number of carboxylic acid groups (broad SMARTS) is 1. The molecule has 0 atom stereocenters. The van der Waals surface area contributed by atoms with Gasteiger partial charge < -0.3 is 15.7 Å². The lowest BCUT2D eigenvalue weighted by Gasteiger charge is -2.20.